The van der Waals surface area contributed by atoms with E-state index < -0.39 is 0 Å². The summed E-state index contributed by atoms with van der Waals surface area (Å²) in [5.74, 6) is 2.17. The van der Waals surface area contributed by atoms with Crippen molar-refractivity contribution in [2.45, 2.75) is 13.8 Å². The SMILES string of the molecule is CCN(c1ccccc1)c1cc(C(=O)Nc2ccc3c(c2)OCO3)nc(C)n1. The fourth-order valence-electron chi connectivity index (χ4n) is 3.06. The van der Waals surface area contributed by atoms with E-state index in [9.17, 15) is 4.79 Å². The Morgan fingerprint density at radius 1 is 1.07 bits per heavy atom. The summed E-state index contributed by atoms with van der Waals surface area (Å²) in [7, 11) is 0. The molecule has 7 heteroatoms. The molecule has 1 aromatic heterocycles. The highest BCUT2D eigenvalue weighted by Crippen LogP contribution is 2.34. The number of benzene rings is 2. The van der Waals surface area contributed by atoms with Gasteiger partial charge in [-0.05, 0) is 38.1 Å². The number of hydrogen-bond acceptors (Lipinski definition) is 6. The molecular weight excluding hydrogens is 356 g/mol. The molecule has 1 aliphatic heterocycles. The topological polar surface area (TPSA) is 76.6 Å². The van der Waals surface area contributed by atoms with E-state index in [0.29, 0.717) is 41.1 Å². The summed E-state index contributed by atoms with van der Waals surface area (Å²) in [6.45, 7) is 4.72. The minimum Gasteiger partial charge on any atom is -0.454 e. The maximum atomic E-state index is 12.8. The van der Waals surface area contributed by atoms with Crippen LogP contribution in [0.4, 0.5) is 17.2 Å². The van der Waals surface area contributed by atoms with Crippen LogP contribution in [-0.4, -0.2) is 29.2 Å². The van der Waals surface area contributed by atoms with E-state index in [-0.39, 0.29) is 12.7 Å². The van der Waals surface area contributed by atoms with Crippen LogP contribution in [0.2, 0.25) is 0 Å². The molecule has 2 heterocycles. The van der Waals surface area contributed by atoms with Gasteiger partial charge in [-0.1, -0.05) is 18.2 Å². The molecule has 1 N–H and O–H groups in total. The molecule has 0 bridgehead atoms. The Balaban J connectivity index is 1.60. The van der Waals surface area contributed by atoms with E-state index >= 15 is 0 Å². The molecule has 2 aromatic carbocycles. The average molecular weight is 376 g/mol. The molecule has 3 aromatic rings. The summed E-state index contributed by atoms with van der Waals surface area (Å²) in [5, 5.41) is 2.86. The lowest BCUT2D eigenvalue weighted by molar-refractivity contribution is 0.102. The highest BCUT2D eigenvalue weighted by atomic mass is 16.7. The molecule has 0 spiro atoms. The fourth-order valence-corrected chi connectivity index (χ4v) is 3.06. The molecule has 0 fully saturated rings. The van der Waals surface area contributed by atoms with Gasteiger partial charge in [0.2, 0.25) is 6.79 Å². The van der Waals surface area contributed by atoms with Gasteiger partial charge in [0.1, 0.15) is 17.3 Å². The van der Waals surface area contributed by atoms with Crippen molar-refractivity contribution in [3.63, 3.8) is 0 Å². The lowest BCUT2D eigenvalue weighted by Gasteiger charge is -2.22. The van der Waals surface area contributed by atoms with Crippen LogP contribution < -0.4 is 19.7 Å². The third kappa shape index (κ3) is 3.59. The van der Waals surface area contributed by atoms with Crippen LogP contribution in [0.3, 0.4) is 0 Å². The zero-order chi connectivity index (χ0) is 19.5. The number of carbonyl (C=O) groups is 1. The molecule has 1 aliphatic rings. The van der Waals surface area contributed by atoms with E-state index in [1.54, 1.807) is 31.2 Å². The second-order valence-electron chi connectivity index (χ2n) is 6.26. The van der Waals surface area contributed by atoms with Crippen LogP contribution in [0.1, 0.15) is 23.2 Å². The number of amides is 1. The predicted octanol–water partition coefficient (Wildman–Crippen LogP) is 3.92. The van der Waals surface area contributed by atoms with Crippen LogP contribution in [0.25, 0.3) is 0 Å². The van der Waals surface area contributed by atoms with E-state index in [1.165, 1.54) is 0 Å². The number of fused-ring (bicyclic) bond motifs is 1. The first-order valence-corrected chi connectivity index (χ1v) is 9.03. The van der Waals surface area contributed by atoms with Gasteiger partial charge < -0.3 is 19.7 Å². The fraction of sp³-hybridized carbons (Fsp3) is 0.190. The van der Waals surface area contributed by atoms with E-state index in [4.69, 9.17) is 9.47 Å². The Labute approximate surface area is 163 Å². The van der Waals surface area contributed by atoms with Crippen LogP contribution in [0, 0.1) is 6.92 Å². The molecule has 0 saturated heterocycles. The molecule has 28 heavy (non-hydrogen) atoms. The number of nitrogens with one attached hydrogen (secondary N) is 1. The number of carbonyl (C=O) groups excluding carboxylic acids is 1. The number of hydrogen-bond donors (Lipinski definition) is 1. The number of anilines is 3. The third-order valence-corrected chi connectivity index (χ3v) is 4.35. The number of ether oxygens (including phenoxy) is 2. The molecule has 4 rings (SSSR count). The van der Waals surface area contributed by atoms with Gasteiger partial charge in [0.05, 0.1) is 0 Å². The highest BCUT2D eigenvalue weighted by Gasteiger charge is 2.17. The number of aromatic nitrogens is 2. The van der Waals surface area contributed by atoms with Gasteiger partial charge in [-0.2, -0.15) is 0 Å². The summed E-state index contributed by atoms with van der Waals surface area (Å²) in [4.78, 5) is 23.6. The van der Waals surface area contributed by atoms with Gasteiger partial charge in [0, 0.05) is 30.1 Å². The smallest absolute Gasteiger partial charge is 0.274 e. The number of aryl methyl sites for hydroxylation is 1. The maximum Gasteiger partial charge on any atom is 0.274 e. The van der Waals surface area contributed by atoms with Crippen molar-refractivity contribution in [3.05, 3.63) is 66.1 Å². The molecule has 0 atom stereocenters. The van der Waals surface area contributed by atoms with E-state index in [1.807, 2.05) is 42.2 Å². The van der Waals surface area contributed by atoms with Gasteiger partial charge in [-0.25, -0.2) is 9.97 Å². The summed E-state index contributed by atoms with van der Waals surface area (Å²) in [5.41, 5.74) is 1.92. The van der Waals surface area contributed by atoms with Crippen LogP contribution in [-0.2, 0) is 0 Å². The molecule has 0 radical (unpaired) electrons. The Morgan fingerprint density at radius 2 is 1.86 bits per heavy atom. The van der Waals surface area contributed by atoms with Gasteiger partial charge in [-0.15, -0.1) is 0 Å². The summed E-state index contributed by atoms with van der Waals surface area (Å²) in [6.07, 6.45) is 0. The van der Waals surface area contributed by atoms with E-state index in [0.717, 1.165) is 5.69 Å². The Kier molecular flexibility index (Phi) is 4.80. The quantitative estimate of drug-likeness (QED) is 0.727. The van der Waals surface area contributed by atoms with Crippen molar-refractivity contribution in [1.29, 1.82) is 0 Å². The summed E-state index contributed by atoms with van der Waals surface area (Å²) >= 11 is 0. The zero-order valence-electron chi connectivity index (χ0n) is 15.7. The van der Waals surface area contributed by atoms with E-state index in [2.05, 4.69) is 15.3 Å². The molecule has 142 valence electrons. The largest absolute Gasteiger partial charge is 0.454 e. The van der Waals surface area contributed by atoms with Gasteiger partial charge >= 0.3 is 0 Å². The molecule has 7 nitrogen and oxygen atoms in total. The van der Waals surface area contributed by atoms with Crippen molar-refractivity contribution < 1.29 is 14.3 Å². The first-order valence-electron chi connectivity index (χ1n) is 9.03. The van der Waals surface area contributed by atoms with Gasteiger partial charge in [-0.3, -0.25) is 4.79 Å². The molecule has 1 amide bonds. The molecule has 0 aliphatic carbocycles. The summed E-state index contributed by atoms with van der Waals surface area (Å²) < 4.78 is 10.6. The third-order valence-electron chi connectivity index (χ3n) is 4.35. The Bertz CT molecular complexity index is 1010. The first-order chi connectivity index (χ1) is 13.6. The molecular formula is C21H20N4O3. The normalized spacial score (nSPS) is 11.9. The van der Waals surface area contributed by atoms with Crippen molar-refractivity contribution >= 4 is 23.1 Å². The lowest BCUT2D eigenvalue weighted by atomic mass is 10.2. The standard InChI is InChI=1S/C21H20N4O3/c1-3-25(16-7-5-4-6-8-16)20-12-17(22-14(2)23-20)21(26)24-15-9-10-18-19(11-15)28-13-27-18/h4-12H,3,13H2,1-2H3,(H,24,26). The monoisotopic (exact) mass is 376 g/mol. The number of nitrogens with zero attached hydrogens (tertiary/aromatic N) is 3. The van der Waals surface area contributed by atoms with Crippen molar-refractivity contribution in [2.75, 3.05) is 23.6 Å². The maximum absolute atomic E-state index is 12.8. The number of rotatable bonds is 5. The minimum absolute atomic E-state index is 0.188. The lowest BCUT2D eigenvalue weighted by Crippen LogP contribution is -2.21. The Morgan fingerprint density at radius 3 is 2.64 bits per heavy atom. The highest BCUT2D eigenvalue weighted by molar-refractivity contribution is 6.03. The first kappa shape index (κ1) is 17.8. The Hall–Kier alpha value is -3.61. The predicted molar refractivity (Wildman–Crippen MR) is 106 cm³/mol. The van der Waals surface area contributed by atoms with Gasteiger partial charge in [0.15, 0.2) is 11.5 Å². The van der Waals surface area contributed by atoms with Gasteiger partial charge in [0.25, 0.3) is 5.91 Å². The number of para-hydroxylation sites is 1. The van der Waals surface area contributed by atoms with Crippen LogP contribution in [0.5, 0.6) is 11.5 Å². The summed E-state index contributed by atoms with van der Waals surface area (Å²) in [6, 6.07) is 16.9. The molecule has 0 saturated carbocycles. The van der Waals surface area contributed by atoms with Crippen LogP contribution >= 0.6 is 0 Å². The minimum atomic E-state index is -0.310. The molecule has 0 unspecified atom stereocenters. The van der Waals surface area contributed by atoms with Crippen molar-refractivity contribution in [1.82, 2.24) is 9.97 Å². The van der Waals surface area contributed by atoms with Crippen molar-refractivity contribution in [2.24, 2.45) is 0 Å². The van der Waals surface area contributed by atoms with Crippen molar-refractivity contribution in [3.8, 4) is 11.5 Å². The second kappa shape index (κ2) is 7.56. The second-order valence-corrected chi connectivity index (χ2v) is 6.26. The van der Waals surface area contributed by atoms with Crippen LogP contribution in [0.15, 0.2) is 54.6 Å². The zero-order valence-corrected chi connectivity index (χ0v) is 15.7. The average Bonchev–Trinajstić information content (AvgIpc) is 3.17.